The van der Waals surface area contributed by atoms with Crippen LogP contribution in [0.15, 0.2) is 79.1 Å². The van der Waals surface area contributed by atoms with Crippen LogP contribution in [0.4, 0.5) is 10.5 Å². The summed E-state index contributed by atoms with van der Waals surface area (Å²) >= 11 is 0. The number of carbonyl (C=O) groups excluding carboxylic acids is 1. The van der Waals surface area contributed by atoms with Crippen molar-refractivity contribution in [1.29, 1.82) is 0 Å². The summed E-state index contributed by atoms with van der Waals surface area (Å²) in [5, 5.41) is 3.02. The molecule has 142 valence electrons. The first-order valence-corrected chi connectivity index (χ1v) is 9.60. The third kappa shape index (κ3) is 4.56. The van der Waals surface area contributed by atoms with Crippen LogP contribution in [-0.2, 0) is 6.54 Å². The third-order valence-electron chi connectivity index (χ3n) is 5.06. The van der Waals surface area contributed by atoms with E-state index in [1.807, 2.05) is 71.9 Å². The van der Waals surface area contributed by atoms with Crippen LogP contribution in [0.2, 0.25) is 0 Å². The van der Waals surface area contributed by atoms with E-state index in [9.17, 15) is 4.79 Å². The summed E-state index contributed by atoms with van der Waals surface area (Å²) in [5.74, 6) is 0. The molecule has 0 bridgehead atoms. The minimum Gasteiger partial charge on any atom is -0.322 e. The second-order valence-corrected chi connectivity index (χ2v) is 6.99. The number of rotatable bonds is 4. The van der Waals surface area contributed by atoms with Crippen molar-refractivity contribution in [2.45, 2.75) is 6.54 Å². The van der Waals surface area contributed by atoms with Gasteiger partial charge in [-0.15, -0.1) is 0 Å². The van der Waals surface area contributed by atoms with Gasteiger partial charge in [0.2, 0.25) is 0 Å². The Morgan fingerprint density at radius 1 is 0.821 bits per heavy atom. The molecular weight excluding hydrogens is 348 g/mol. The highest BCUT2D eigenvalue weighted by molar-refractivity contribution is 5.89. The van der Waals surface area contributed by atoms with Crippen molar-refractivity contribution < 1.29 is 4.79 Å². The molecule has 1 saturated heterocycles. The molecule has 4 rings (SSSR count). The van der Waals surface area contributed by atoms with Gasteiger partial charge in [0.15, 0.2) is 0 Å². The number of urea groups is 1. The summed E-state index contributed by atoms with van der Waals surface area (Å²) in [7, 11) is 0. The molecule has 2 amide bonds. The van der Waals surface area contributed by atoms with E-state index in [4.69, 9.17) is 0 Å². The minimum absolute atomic E-state index is 0.0315. The van der Waals surface area contributed by atoms with Crippen molar-refractivity contribution in [2.75, 3.05) is 31.5 Å². The highest BCUT2D eigenvalue weighted by Gasteiger charge is 2.21. The highest BCUT2D eigenvalue weighted by atomic mass is 16.2. The maximum atomic E-state index is 12.6. The Morgan fingerprint density at radius 3 is 2.14 bits per heavy atom. The van der Waals surface area contributed by atoms with Crippen molar-refractivity contribution in [3.63, 3.8) is 0 Å². The molecule has 0 aliphatic carbocycles. The van der Waals surface area contributed by atoms with Crippen molar-refractivity contribution in [2.24, 2.45) is 0 Å². The molecule has 1 aliphatic heterocycles. The van der Waals surface area contributed by atoms with Gasteiger partial charge >= 0.3 is 6.03 Å². The smallest absolute Gasteiger partial charge is 0.321 e. The van der Waals surface area contributed by atoms with Gasteiger partial charge in [0.25, 0.3) is 0 Å². The van der Waals surface area contributed by atoms with Gasteiger partial charge in [-0.05, 0) is 41.0 Å². The summed E-state index contributed by atoms with van der Waals surface area (Å²) < 4.78 is 0. The second-order valence-electron chi connectivity index (χ2n) is 6.99. The highest BCUT2D eigenvalue weighted by Crippen LogP contribution is 2.21. The fraction of sp³-hybridized carbons (Fsp3) is 0.217. The molecule has 3 aromatic rings. The molecule has 5 nitrogen and oxygen atoms in total. The number of benzene rings is 2. The molecule has 1 N–H and O–H groups in total. The topological polar surface area (TPSA) is 48.5 Å². The zero-order chi connectivity index (χ0) is 19.2. The summed E-state index contributed by atoms with van der Waals surface area (Å²) in [6.45, 7) is 4.13. The number of amides is 2. The van der Waals surface area contributed by atoms with E-state index in [2.05, 4.69) is 27.3 Å². The summed E-state index contributed by atoms with van der Waals surface area (Å²) in [5.41, 5.74) is 4.39. The third-order valence-corrected chi connectivity index (χ3v) is 5.06. The van der Waals surface area contributed by atoms with Crippen molar-refractivity contribution in [3.05, 3.63) is 84.7 Å². The number of hydrogen-bond acceptors (Lipinski definition) is 3. The molecule has 2 aromatic carbocycles. The molecule has 0 unspecified atom stereocenters. The normalized spacial score (nSPS) is 14.6. The Kier molecular flexibility index (Phi) is 5.64. The van der Waals surface area contributed by atoms with Gasteiger partial charge < -0.3 is 10.2 Å². The van der Waals surface area contributed by atoms with Crippen LogP contribution in [0, 0.1) is 0 Å². The predicted molar refractivity (Wildman–Crippen MR) is 112 cm³/mol. The standard InChI is InChI=1S/C23H24N4O/c28-23(25-22-8-6-21(7-9-22)20-4-2-1-3-5-20)27-16-14-26(15-17-27)18-19-10-12-24-13-11-19/h1-13H,14-18H2,(H,25,28). The molecule has 5 heteroatoms. The monoisotopic (exact) mass is 372 g/mol. The van der Waals surface area contributed by atoms with E-state index in [0.717, 1.165) is 44.0 Å². The molecule has 28 heavy (non-hydrogen) atoms. The van der Waals surface area contributed by atoms with Gasteiger partial charge in [0, 0.05) is 50.8 Å². The van der Waals surface area contributed by atoms with Gasteiger partial charge in [-0.1, -0.05) is 42.5 Å². The van der Waals surface area contributed by atoms with E-state index in [0.29, 0.717) is 0 Å². The number of anilines is 1. The van der Waals surface area contributed by atoms with Crippen LogP contribution < -0.4 is 5.32 Å². The first-order valence-electron chi connectivity index (χ1n) is 9.60. The Bertz CT molecular complexity index is 889. The van der Waals surface area contributed by atoms with Gasteiger partial charge in [0.1, 0.15) is 0 Å². The average molecular weight is 372 g/mol. The molecule has 1 aromatic heterocycles. The SMILES string of the molecule is O=C(Nc1ccc(-c2ccccc2)cc1)N1CCN(Cc2ccncc2)CC1. The van der Waals surface area contributed by atoms with E-state index in [-0.39, 0.29) is 6.03 Å². The van der Waals surface area contributed by atoms with Crippen LogP contribution in [0.3, 0.4) is 0 Å². The van der Waals surface area contributed by atoms with Crippen LogP contribution in [-0.4, -0.2) is 47.0 Å². The maximum absolute atomic E-state index is 12.6. The number of carbonyl (C=O) groups is 1. The lowest BCUT2D eigenvalue weighted by atomic mass is 10.1. The Hall–Kier alpha value is -3.18. The van der Waals surface area contributed by atoms with E-state index < -0.39 is 0 Å². The lowest BCUT2D eigenvalue weighted by Crippen LogP contribution is -2.49. The first kappa shape index (κ1) is 18.2. The number of nitrogens with one attached hydrogen (secondary N) is 1. The Labute approximate surface area is 165 Å². The molecule has 0 spiro atoms. The Balaban J connectivity index is 1.29. The summed E-state index contributed by atoms with van der Waals surface area (Å²) in [4.78, 5) is 20.9. The lowest BCUT2D eigenvalue weighted by molar-refractivity contribution is 0.143. The number of hydrogen-bond donors (Lipinski definition) is 1. The summed E-state index contributed by atoms with van der Waals surface area (Å²) in [6.07, 6.45) is 3.64. The van der Waals surface area contributed by atoms with Crippen molar-refractivity contribution in [3.8, 4) is 11.1 Å². The molecule has 2 heterocycles. The molecule has 0 atom stereocenters. The number of nitrogens with zero attached hydrogens (tertiary/aromatic N) is 3. The van der Waals surface area contributed by atoms with Crippen LogP contribution in [0.5, 0.6) is 0 Å². The lowest BCUT2D eigenvalue weighted by Gasteiger charge is -2.34. The fourth-order valence-corrected chi connectivity index (χ4v) is 3.43. The fourth-order valence-electron chi connectivity index (χ4n) is 3.43. The molecule has 0 radical (unpaired) electrons. The van der Waals surface area contributed by atoms with Gasteiger partial charge in [-0.2, -0.15) is 0 Å². The molecular formula is C23H24N4O. The zero-order valence-electron chi connectivity index (χ0n) is 15.8. The molecule has 1 aliphatic rings. The van der Waals surface area contributed by atoms with E-state index >= 15 is 0 Å². The zero-order valence-corrected chi connectivity index (χ0v) is 15.8. The van der Waals surface area contributed by atoms with Crippen LogP contribution >= 0.6 is 0 Å². The Morgan fingerprint density at radius 2 is 1.46 bits per heavy atom. The van der Waals surface area contributed by atoms with Crippen LogP contribution in [0.25, 0.3) is 11.1 Å². The molecule has 1 fully saturated rings. The predicted octanol–water partition coefficient (Wildman–Crippen LogP) is 4.10. The number of pyridine rings is 1. The number of aromatic nitrogens is 1. The van der Waals surface area contributed by atoms with Gasteiger partial charge in [-0.25, -0.2) is 4.79 Å². The number of piperazine rings is 1. The quantitative estimate of drug-likeness (QED) is 0.750. The van der Waals surface area contributed by atoms with Crippen molar-refractivity contribution in [1.82, 2.24) is 14.8 Å². The van der Waals surface area contributed by atoms with E-state index in [1.54, 1.807) is 0 Å². The summed E-state index contributed by atoms with van der Waals surface area (Å²) in [6, 6.07) is 22.3. The second kappa shape index (κ2) is 8.67. The van der Waals surface area contributed by atoms with Gasteiger partial charge in [-0.3, -0.25) is 9.88 Å². The largest absolute Gasteiger partial charge is 0.322 e. The van der Waals surface area contributed by atoms with Crippen LogP contribution in [0.1, 0.15) is 5.56 Å². The first-order chi connectivity index (χ1) is 13.8. The molecule has 0 saturated carbocycles. The van der Waals surface area contributed by atoms with Crippen molar-refractivity contribution >= 4 is 11.7 Å². The minimum atomic E-state index is -0.0315. The van der Waals surface area contributed by atoms with E-state index in [1.165, 1.54) is 11.1 Å². The average Bonchev–Trinajstić information content (AvgIpc) is 2.76. The maximum Gasteiger partial charge on any atom is 0.321 e. The van der Waals surface area contributed by atoms with Gasteiger partial charge in [0.05, 0.1) is 0 Å².